The van der Waals surface area contributed by atoms with E-state index in [1.54, 1.807) is 6.92 Å². The van der Waals surface area contributed by atoms with Crippen LogP contribution in [0.15, 0.2) is 41.5 Å². The molecule has 0 amide bonds. The molecular weight excluding hydrogens is 252 g/mol. The Morgan fingerprint density at radius 2 is 1.95 bits per heavy atom. The molecule has 0 aliphatic carbocycles. The number of ketones is 1. The maximum atomic E-state index is 12.1. The number of aromatic nitrogens is 2. The standard InChI is InChI=1S/C16H18N2O2/c1-3-4-13-5-7-14(8-6-13)15(19)10-18-11-17-12(2)9-16(18)20/h5-9,11H,3-4,10H2,1-2H3. The fourth-order valence-electron chi connectivity index (χ4n) is 2.03. The van der Waals surface area contributed by atoms with E-state index >= 15 is 0 Å². The highest BCUT2D eigenvalue weighted by molar-refractivity contribution is 5.95. The molecule has 2 rings (SSSR count). The van der Waals surface area contributed by atoms with Crippen LogP contribution in [-0.2, 0) is 13.0 Å². The lowest BCUT2D eigenvalue weighted by Crippen LogP contribution is -2.24. The van der Waals surface area contributed by atoms with Gasteiger partial charge in [-0.15, -0.1) is 0 Å². The van der Waals surface area contributed by atoms with Gasteiger partial charge in [0.15, 0.2) is 5.78 Å². The number of hydrogen-bond acceptors (Lipinski definition) is 3. The first kappa shape index (κ1) is 14.2. The molecule has 0 saturated heterocycles. The van der Waals surface area contributed by atoms with Gasteiger partial charge in [-0.1, -0.05) is 37.6 Å². The second kappa shape index (κ2) is 6.28. The summed E-state index contributed by atoms with van der Waals surface area (Å²) < 4.78 is 1.33. The molecule has 4 nitrogen and oxygen atoms in total. The van der Waals surface area contributed by atoms with Crippen molar-refractivity contribution in [3.05, 3.63) is 63.8 Å². The maximum absolute atomic E-state index is 12.1. The minimum atomic E-state index is -0.201. The summed E-state index contributed by atoms with van der Waals surface area (Å²) >= 11 is 0. The first-order valence-corrected chi connectivity index (χ1v) is 6.75. The molecular formula is C16H18N2O2. The second-order valence-corrected chi connectivity index (χ2v) is 4.87. The first-order chi connectivity index (χ1) is 9.60. The average molecular weight is 270 g/mol. The van der Waals surface area contributed by atoms with E-state index in [9.17, 15) is 9.59 Å². The third-order valence-electron chi connectivity index (χ3n) is 3.14. The molecule has 0 radical (unpaired) electrons. The van der Waals surface area contributed by atoms with Crippen LogP contribution in [0.25, 0.3) is 0 Å². The van der Waals surface area contributed by atoms with Crippen molar-refractivity contribution >= 4 is 5.78 Å². The summed E-state index contributed by atoms with van der Waals surface area (Å²) in [4.78, 5) is 27.9. The Bertz CT molecular complexity index is 657. The van der Waals surface area contributed by atoms with Crippen LogP contribution in [0.5, 0.6) is 0 Å². The lowest BCUT2D eigenvalue weighted by Gasteiger charge is -2.05. The number of Topliss-reactive ketones (excluding diaryl/α,β-unsaturated/α-hetero) is 1. The Labute approximate surface area is 118 Å². The molecule has 2 aromatic rings. The molecule has 20 heavy (non-hydrogen) atoms. The number of benzene rings is 1. The van der Waals surface area contributed by atoms with Gasteiger partial charge in [0.1, 0.15) is 0 Å². The number of carbonyl (C=O) groups excluding carboxylic acids is 1. The van der Waals surface area contributed by atoms with Gasteiger partial charge in [-0.05, 0) is 18.9 Å². The molecule has 0 N–H and O–H groups in total. The molecule has 0 unspecified atom stereocenters. The Morgan fingerprint density at radius 1 is 1.25 bits per heavy atom. The number of hydrogen-bond donors (Lipinski definition) is 0. The fraction of sp³-hybridized carbons (Fsp3) is 0.312. The first-order valence-electron chi connectivity index (χ1n) is 6.75. The summed E-state index contributed by atoms with van der Waals surface area (Å²) in [5, 5.41) is 0. The summed E-state index contributed by atoms with van der Waals surface area (Å²) in [5.41, 5.74) is 2.30. The summed E-state index contributed by atoms with van der Waals surface area (Å²) in [6.07, 6.45) is 3.51. The van der Waals surface area contributed by atoms with Gasteiger partial charge in [-0.3, -0.25) is 14.2 Å². The molecule has 1 aromatic heterocycles. The van der Waals surface area contributed by atoms with Crippen LogP contribution >= 0.6 is 0 Å². The van der Waals surface area contributed by atoms with Crippen molar-refractivity contribution in [2.75, 3.05) is 0 Å². The molecule has 0 aliphatic rings. The van der Waals surface area contributed by atoms with Gasteiger partial charge in [0.2, 0.25) is 0 Å². The summed E-state index contributed by atoms with van der Waals surface area (Å²) in [5.74, 6) is -0.0826. The Kier molecular flexibility index (Phi) is 4.45. The average Bonchev–Trinajstić information content (AvgIpc) is 2.43. The summed E-state index contributed by atoms with van der Waals surface area (Å²) in [7, 11) is 0. The quantitative estimate of drug-likeness (QED) is 0.784. The Hall–Kier alpha value is -2.23. The van der Waals surface area contributed by atoms with Crippen LogP contribution in [0.2, 0.25) is 0 Å². The zero-order chi connectivity index (χ0) is 14.5. The lowest BCUT2D eigenvalue weighted by molar-refractivity contribution is 0.0970. The molecule has 1 aromatic carbocycles. The highest BCUT2D eigenvalue weighted by Crippen LogP contribution is 2.08. The van der Waals surface area contributed by atoms with E-state index in [-0.39, 0.29) is 17.9 Å². The van der Waals surface area contributed by atoms with E-state index in [0.29, 0.717) is 11.3 Å². The zero-order valence-corrected chi connectivity index (χ0v) is 11.8. The normalized spacial score (nSPS) is 10.5. The van der Waals surface area contributed by atoms with Crippen molar-refractivity contribution in [2.45, 2.75) is 33.2 Å². The molecule has 0 spiro atoms. The van der Waals surface area contributed by atoms with Crippen molar-refractivity contribution < 1.29 is 4.79 Å². The number of aryl methyl sites for hydroxylation is 2. The molecule has 104 valence electrons. The number of rotatable bonds is 5. The highest BCUT2D eigenvalue weighted by atomic mass is 16.1. The SMILES string of the molecule is CCCc1ccc(C(=O)Cn2cnc(C)cc2=O)cc1. The topological polar surface area (TPSA) is 52.0 Å². The van der Waals surface area contributed by atoms with Gasteiger partial charge < -0.3 is 0 Å². The predicted molar refractivity (Wildman–Crippen MR) is 78.0 cm³/mol. The minimum Gasteiger partial charge on any atom is -0.292 e. The minimum absolute atomic E-state index is 0.0270. The van der Waals surface area contributed by atoms with Crippen molar-refractivity contribution in [1.82, 2.24) is 9.55 Å². The van der Waals surface area contributed by atoms with E-state index in [0.717, 1.165) is 12.8 Å². The van der Waals surface area contributed by atoms with Crippen molar-refractivity contribution in [1.29, 1.82) is 0 Å². The van der Waals surface area contributed by atoms with Crippen molar-refractivity contribution in [2.24, 2.45) is 0 Å². The van der Waals surface area contributed by atoms with E-state index in [4.69, 9.17) is 0 Å². The van der Waals surface area contributed by atoms with Gasteiger partial charge in [0.25, 0.3) is 5.56 Å². The van der Waals surface area contributed by atoms with Crippen LogP contribution in [0.1, 0.15) is 35.0 Å². The fourth-order valence-corrected chi connectivity index (χ4v) is 2.03. The number of carbonyl (C=O) groups is 1. The summed E-state index contributed by atoms with van der Waals surface area (Å²) in [6, 6.07) is 9.00. The van der Waals surface area contributed by atoms with Gasteiger partial charge >= 0.3 is 0 Å². The van der Waals surface area contributed by atoms with E-state index in [2.05, 4.69) is 11.9 Å². The maximum Gasteiger partial charge on any atom is 0.253 e. The molecule has 4 heteroatoms. The highest BCUT2D eigenvalue weighted by Gasteiger charge is 2.08. The Balaban J connectivity index is 2.13. The monoisotopic (exact) mass is 270 g/mol. The number of nitrogens with zero attached hydrogens (tertiary/aromatic N) is 2. The van der Waals surface area contributed by atoms with Gasteiger partial charge in [0, 0.05) is 17.3 Å². The van der Waals surface area contributed by atoms with Crippen LogP contribution in [-0.4, -0.2) is 15.3 Å². The van der Waals surface area contributed by atoms with Crippen LogP contribution in [0, 0.1) is 6.92 Å². The van der Waals surface area contributed by atoms with Crippen molar-refractivity contribution in [3.8, 4) is 0 Å². The van der Waals surface area contributed by atoms with Crippen LogP contribution < -0.4 is 5.56 Å². The van der Waals surface area contributed by atoms with Crippen LogP contribution in [0.3, 0.4) is 0 Å². The summed E-state index contributed by atoms with van der Waals surface area (Å²) in [6.45, 7) is 3.90. The molecule has 0 fully saturated rings. The van der Waals surface area contributed by atoms with Gasteiger partial charge in [-0.2, -0.15) is 0 Å². The predicted octanol–water partition coefficient (Wildman–Crippen LogP) is 2.39. The third-order valence-corrected chi connectivity index (χ3v) is 3.14. The van der Waals surface area contributed by atoms with E-state index in [1.807, 2.05) is 24.3 Å². The zero-order valence-electron chi connectivity index (χ0n) is 11.8. The Morgan fingerprint density at radius 3 is 2.55 bits per heavy atom. The van der Waals surface area contributed by atoms with Gasteiger partial charge in [0.05, 0.1) is 12.9 Å². The van der Waals surface area contributed by atoms with E-state index < -0.39 is 0 Å². The third kappa shape index (κ3) is 3.41. The van der Waals surface area contributed by atoms with E-state index in [1.165, 1.54) is 22.5 Å². The van der Waals surface area contributed by atoms with Crippen molar-refractivity contribution in [3.63, 3.8) is 0 Å². The molecule has 0 saturated carbocycles. The van der Waals surface area contributed by atoms with Crippen LogP contribution in [0.4, 0.5) is 0 Å². The molecule has 0 aliphatic heterocycles. The largest absolute Gasteiger partial charge is 0.292 e. The second-order valence-electron chi connectivity index (χ2n) is 4.87. The molecule has 0 bridgehead atoms. The molecule has 0 atom stereocenters. The van der Waals surface area contributed by atoms with Gasteiger partial charge in [-0.25, -0.2) is 4.98 Å². The molecule has 1 heterocycles. The lowest BCUT2D eigenvalue weighted by atomic mass is 10.1. The smallest absolute Gasteiger partial charge is 0.253 e.